The first-order chi connectivity index (χ1) is 12.4. The van der Waals surface area contributed by atoms with Crippen molar-refractivity contribution in [3.63, 3.8) is 0 Å². The van der Waals surface area contributed by atoms with Gasteiger partial charge in [-0.25, -0.2) is 0 Å². The Morgan fingerprint density at radius 2 is 2.15 bits per heavy atom. The number of amides is 1. The highest BCUT2D eigenvalue weighted by molar-refractivity contribution is 9.10. The summed E-state index contributed by atoms with van der Waals surface area (Å²) in [5.41, 5.74) is 0.935. The Hall–Kier alpha value is -0.930. The van der Waals surface area contributed by atoms with Gasteiger partial charge in [-0.05, 0) is 44.3 Å². The number of likely N-dealkylation sites (N-methyl/N-ethyl adjacent to an activating group) is 1. The molecule has 0 atom stereocenters. The van der Waals surface area contributed by atoms with Gasteiger partial charge in [0.1, 0.15) is 10.9 Å². The molecule has 0 unspecified atom stereocenters. The number of halogens is 2. The van der Waals surface area contributed by atoms with Gasteiger partial charge >= 0.3 is 5.97 Å². The third kappa shape index (κ3) is 7.91. The maximum absolute atomic E-state index is 12.5. The number of ether oxygens (including phenoxy) is 1. The van der Waals surface area contributed by atoms with Crippen molar-refractivity contribution in [2.45, 2.75) is 12.8 Å². The zero-order valence-electron chi connectivity index (χ0n) is 15.1. The van der Waals surface area contributed by atoms with Crippen molar-refractivity contribution >= 4 is 74.6 Å². The van der Waals surface area contributed by atoms with Gasteiger partial charge in [0.15, 0.2) is 0 Å². The smallest absolute Gasteiger partial charge is 0.305 e. The van der Waals surface area contributed by atoms with Crippen LogP contribution in [0, 0.1) is 0 Å². The standard InChI is InChI=1S/C18H21BrN2O3S2.ClH/c1-20(2)9-10-24-16(22)7-4-8-21-17(23)15(26-18(21)25)12-13-5-3-6-14(19)11-13;/h3,5-6,11-12H,4,7-10H2,1-2H3;1H/b15-12-;. The number of thiocarbonyl (C=S) groups is 1. The molecule has 0 saturated carbocycles. The van der Waals surface area contributed by atoms with E-state index in [2.05, 4.69) is 15.9 Å². The zero-order chi connectivity index (χ0) is 19.1. The minimum Gasteiger partial charge on any atom is -0.464 e. The van der Waals surface area contributed by atoms with Gasteiger partial charge in [0.2, 0.25) is 0 Å². The number of nitrogens with zero attached hydrogens (tertiary/aromatic N) is 2. The lowest BCUT2D eigenvalue weighted by molar-refractivity contribution is -0.144. The molecule has 0 aliphatic carbocycles. The Balaban J connectivity index is 0.00000364. The monoisotopic (exact) mass is 492 g/mol. The third-order valence-corrected chi connectivity index (χ3v) is 5.46. The van der Waals surface area contributed by atoms with Gasteiger partial charge in [0, 0.05) is 24.0 Å². The highest BCUT2D eigenvalue weighted by Gasteiger charge is 2.31. The minimum atomic E-state index is -0.248. The van der Waals surface area contributed by atoms with Crippen molar-refractivity contribution in [2.75, 3.05) is 33.8 Å². The maximum Gasteiger partial charge on any atom is 0.305 e. The number of hydrogen-bond acceptors (Lipinski definition) is 6. The number of thioether (sulfide) groups is 1. The second-order valence-corrected chi connectivity index (χ2v) is 8.61. The molecule has 5 nitrogen and oxygen atoms in total. The zero-order valence-corrected chi connectivity index (χ0v) is 19.2. The molecule has 0 bridgehead atoms. The van der Waals surface area contributed by atoms with E-state index in [1.54, 1.807) is 4.90 Å². The molecule has 148 valence electrons. The van der Waals surface area contributed by atoms with Gasteiger partial charge in [0.25, 0.3) is 5.91 Å². The summed E-state index contributed by atoms with van der Waals surface area (Å²) in [6.07, 6.45) is 2.63. The van der Waals surface area contributed by atoms with Crippen LogP contribution < -0.4 is 0 Å². The lowest BCUT2D eigenvalue weighted by Gasteiger charge is -2.14. The Labute approximate surface area is 184 Å². The predicted octanol–water partition coefficient (Wildman–Crippen LogP) is 3.96. The average Bonchev–Trinajstić information content (AvgIpc) is 2.82. The summed E-state index contributed by atoms with van der Waals surface area (Å²) < 4.78 is 6.62. The largest absolute Gasteiger partial charge is 0.464 e. The van der Waals surface area contributed by atoms with Crippen molar-refractivity contribution in [3.05, 3.63) is 39.2 Å². The van der Waals surface area contributed by atoms with Crippen LogP contribution >= 0.6 is 52.3 Å². The number of carbonyl (C=O) groups excluding carboxylic acids is 2. The summed E-state index contributed by atoms with van der Waals surface area (Å²) in [4.78, 5) is 28.3. The molecule has 1 heterocycles. The van der Waals surface area contributed by atoms with E-state index in [0.717, 1.165) is 10.0 Å². The lowest BCUT2D eigenvalue weighted by atomic mass is 10.2. The van der Waals surface area contributed by atoms with Crippen LogP contribution in [0.1, 0.15) is 18.4 Å². The van der Waals surface area contributed by atoms with Gasteiger partial charge in [0.05, 0.1) is 4.91 Å². The molecule has 0 spiro atoms. The van der Waals surface area contributed by atoms with Crippen molar-refractivity contribution < 1.29 is 14.3 Å². The van der Waals surface area contributed by atoms with E-state index in [4.69, 9.17) is 17.0 Å². The SMILES string of the molecule is CN(C)CCOC(=O)CCCN1C(=O)/C(=C/c2cccc(Br)c2)SC1=S.Cl. The quantitative estimate of drug-likeness (QED) is 0.310. The molecular formula is C18H22BrClN2O3S2. The van der Waals surface area contributed by atoms with Crippen LogP contribution in [-0.4, -0.2) is 59.8 Å². The number of esters is 1. The van der Waals surface area contributed by atoms with E-state index < -0.39 is 0 Å². The number of benzene rings is 1. The fraction of sp³-hybridized carbons (Fsp3) is 0.389. The average molecular weight is 494 g/mol. The van der Waals surface area contributed by atoms with E-state index in [1.807, 2.05) is 49.3 Å². The van der Waals surface area contributed by atoms with Crippen molar-refractivity contribution in [2.24, 2.45) is 0 Å². The molecule has 9 heteroatoms. The molecule has 1 fully saturated rings. The summed E-state index contributed by atoms with van der Waals surface area (Å²) in [5.74, 6) is -0.358. The summed E-state index contributed by atoms with van der Waals surface area (Å²) in [6, 6.07) is 7.72. The molecule has 1 aromatic carbocycles. The minimum absolute atomic E-state index is 0. The fourth-order valence-corrected chi connectivity index (χ4v) is 3.96. The summed E-state index contributed by atoms with van der Waals surface area (Å²) in [6.45, 7) is 1.49. The highest BCUT2D eigenvalue weighted by atomic mass is 79.9. The molecule has 27 heavy (non-hydrogen) atoms. The maximum atomic E-state index is 12.5. The second-order valence-electron chi connectivity index (χ2n) is 6.02. The van der Waals surface area contributed by atoms with Crippen LogP contribution in [0.3, 0.4) is 0 Å². The Morgan fingerprint density at radius 3 is 2.81 bits per heavy atom. The molecule has 0 radical (unpaired) electrons. The van der Waals surface area contributed by atoms with Gasteiger partial charge in [-0.15, -0.1) is 12.4 Å². The van der Waals surface area contributed by atoms with Crippen LogP contribution in [0.15, 0.2) is 33.6 Å². The molecule has 1 aliphatic rings. The molecule has 1 aliphatic heterocycles. The summed E-state index contributed by atoms with van der Waals surface area (Å²) >= 11 is 10.0. The first-order valence-corrected chi connectivity index (χ1v) is 10.2. The van der Waals surface area contributed by atoms with E-state index in [-0.39, 0.29) is 30.7 Å². The van der Waals surface area contributed by atoms with Gasteiger partial charge in [-0.3, -0.25) is 14.5 Å². The molecule has 1 aromatic rings. The van der Waals surface area contributed by atoms with Crippen LogP contribution in [0.2, 0.25) is 0 Å². The van der Waals surface area contributed by atoms with Gasteiger partial charge in [-0.1, -0.05) is 52.0 Å². The summed E-state index contributed by atoms with van der Waals surface area (Å²) in [5, 5.41) is 0. The first-order valence-electron chi connectivity index (χ1n) is 8.18. The van der Waals surface area contributed by atoms with Crippen LogP contribution in [0.5, 0.6) is 0 Å². The molecule has 1 amide bonds. The molecule has 0 N–H and O–H groups in total. The number of hydrogen-bond donors (Lipinski definition) is 0. The third-order valence-electron chi connectivity index (χ3n) is 3.58. The Morgan fingerprint density at radius 1 is 1.41 bits per heavy atom. The predicted molar refractivity (Wildman–Crippen MR) is 120 cm³/mol. The number of rotatable bonds is 8. The Kier molecular flexibility index (Phi) is 10.5. The van der Waals surface area contributed by atoms with E-state index in [0.29, 0.717) is 35.3 Å². The van der Waals surface area contributed by atoms with Crippen LogP contribution in [0.25, 0.3) is 6.08 Å². The normalized spacial score (nSPS) is 15.4. The second kappa shape index (κ2) is 11.8. The topological polar surface area (TPSA) is 49.9 Å². The summed E-state index contributed by atoms with van der Waals surface area (Å²) in [7, 11) is 3.84. The molecular weight excluding hydrogens is 472 g/mol. The van der Waals surface area contributed by atoms with Crippen LogP contribution in [0.4, 0.5) is 0 Å². The molecule has 2 rings (SSSR count). The van der Waals surface area contributed by atoms with Crippen molar-refractivity contribution in [1.82, 2.24) is 9.80 Å². The molecule has 0 aromatic heterocycles. The number of carbonyl (C=O) groups is 2. The van der Waals surface area contributed by atoms with Crippen molar-refractivity contribution in [3.8, 4) is 0 Å². The van der Waals surface area contributed by atoms with Gasteiger partial charge in [-0.2, -0.15) is 0 Å². The van der Waals surface area contributed by atoms with E-state index in [1.165, 1.54) is 11.8 Å². The Bertz CT molecular complexity index is 728. The lowest BCUT2D eigenvalue weighted by Crippen LogP contribution is -2.29. The van der Waals surface area contributed by atoms with Crippen molar-refractivity contribution in [1.29, 1.82) is 0 Å². The van der Waals surface area contributed by atoms with Crippen LogP contribution in [-0.2, 0) is 14.3 Å². The van der Waals surface area contributed by atoms with Gasteiger partial charge < -0.3 is 9.64 Å². The van der Waals surface area contributed by atoms with E-state index >= 15 is 0 Å². The highest BCUT2D eigenvalue weighted by Crippen LogP contribution is 2.33. The first kappa shape index (κ1) is 24.1. The molecule has 1 saturated heterocycles. The fourth-order valence-electron chi connectivity index (χ4n) is 2.24. The van der Waals surface area contributed by atoms with E-state index in [9.17, 15) is 9.59 Å².